The third-order valence-corrected chi connectivity index (χ3v) is 2.77. The summed E-state index contributed by atoms with van der Waals surface area (Å²) in [6.07, 6.45) is 0. The van der Waals surface area contributed by atoms with E-state index in [1.165, 1.54) is 5.56 Å². The van der Waals surface area contributed by atoms with Gasteiger partial charge in [-0.3, -0.25) is 0 Å². The summed E-state index contributed by atoms with van der Waals surface area (Å²) in [5, 5.41) is 0. The van der Waals surface area contributed by atoms with Gasteiger partial charge in [-0.15, -0.1) is 0 Å². The van der Waals surface area contributed by atoms with Crippen molar-refractivity contribution < 1.29 is 0 Å². The lowest BCUT2D eigenvalue weighted by Gasteiger charge is -2.09. The highest BCUT2D eigenvalue weighted by Gasteiger charge is 2.05. The van der Waals surface area contributed by atoms with Gasteiger partial charge in [0.25, 0.3) is 0 Å². The number of aliphatic imine (C=N–C) groups is 1. The standard InChI is InChI=1S/C15H17N3/c1-11-8-9-14(12(2)10-11)15(18-16)17-13-6-4-3-5-7-13/h3-10H,16H2,1-2H3,(H,17,18). The predicted molar refractivity (Wildman–Crippen MR) is 75.9 cm³/mol. The summed E-state index contributed by atoms with van der Waals surface area (Å²) in [5.41, 5.74) is 6.96. The van der Waals surface area contributed by atoms with E-state index >= 15 is 0 Å². The molecule has 0 aliphatic carbocycles. The van der Waals surface area contributed by atoms with Crippen LogP contribution in [0.2, 0.25) is 0 Å². The van der Waals surface area contributed by atoms with Gasteiger partial charge in [-0.25, -0.2) is 10.8 Å². The number of amidine groups is 1. The molecule has 3 heteroatoms. The molecule has 0 atom stereocenters. The number of nitrogens with zero attached hydrogens (tertiary/aromatic N) is 1. The number of hydrogen-bond acceptors (Lipinski definition) is 2. The summed E-state index contributed by atoms with van der Waals surface area (Å²) in [4.78, 5) is 4.52. The van der Waals surface area contributed by atoms with Gasteiger partial charge in [0.15, 0.2) is 0 Å². The Kier molecular flexibility index (Phi) is 3.75. The van der Waals surface area contributed by atoms with Crippen molar-refractivity contribution in [3.63, 3.8) is 0 Å². The Morgan fingerprint density at radius 2 is 1.78 bits per heavy atom. The van der Waals surface area contributed by atoms with E-state index in [1.807, 2.05) is 36.4 Å². The molecule has 0 aromatic heterocycles. The van der Waals surface area contributed by atoms with Crippen molar-refractivity contribution in [2.75, 3.05) is 0 Å². The largest absolute Gasteiger partial charge is 0.308 e. The van der Waals surface area contributed by atoms with E-state index in [0.29, 0.717) is 5.84 Å². The van der Waals surface area contributed by atoms with Crippen LogP contribution in [0.3, 0.4) is 0 Å². The van der Waals surface area contributed by atoms with Crippen molar-refractivity contribution in [1.29, 1.82) is 0 Å². The highest BCUT2D eigenvalue weighted by Crippen LogP contribution is 2.15. The normalized spacial score (nSPS) is 11.4. The number of hydrogen-bond donors (Lipinski definition) is 2. The lowest BCUT2D eigenvalue weighted by atomic mass is 10.1. The summed E-state index contributed by atoms with van der Waals surface area (Å²) in [7, 11) is 0. The zero-order chi connectivity index (χ0) is 13.0. The van der Waals surface area contributed by atoms with Crippen LogP contribution in [0, 0.1) is 13.8 Å². The monoisotopic (exact) mass is 239 g/mol. The van der Waals surface area contributed by atoms with Crippen molar-refractivity contribution in [1.82, 2.24) is 5.43 Å². The Labute approximate surface area is 107 Å². The molecular weight excluding hydrogens is 222 g/mol. The topological polar surface area (TPSA) is 50.4 Å². The second kappa shape index (κ2) is 5.47. The van der Waals surface area contributed by atoms with Gasteiger partial charge in [0.2, 0.25) is 0 Å². The Hall–Kier alpha value is -2.13. The van der Waals surface area contributed by atoms with Crippen LogP contribution in [-0.2, 0) is 0 Å². The van der Waals surface area contributed by atoms with Gasteiger partial charge in [0, 0.05) is 5.56 Å². The van der Waals surface area contributed by atoms with Crippen LogP contribution in [0.1, 0.15) is 16.7 Å². The smallest absolute Gasteiger partial charge is 0.148 e. The molecule has 2 rings (SSSR count). The first-order valence-corrected chi connectivity index (χ1v) is 5.88. The summed E-state index contributed by atoms with van der Waals surface area (Å²) in [6, 6.07) is 16.0. The van der Waals surface area contributed by atoms with E-state index in [-0.39, 0.29) is 0 Å². The molecule has 0 radical (unpaired) electrons. The van der Waals surface area contributed by atoms with Crippen molar-refractivity contribution in [2.24, 2.45) is 10.8 Å². The van der Waals surface area contributed by atoms with Gasteiger partial charge in [0.1, 0.15) is 5.84 Å². The lowest BCUT2D eigenvalue weighted by molar-refractivity contribution is 1.02. The van der Waals surface area contributed by atoms with E-state index in [4.69, 9.17) is 5.84 Å². The van der Waals surface area contributed by atoms with Crippen LogP contribution in [-0.4, -0.2) is 5.84 Å². The van der Waals surface area contributed by atoms with Crippen molar-refractivity contribution >= 4 is 11.5 Å². The molecule has 92 valence electrons. The predicted octanol–water partition coefficient (Wildman–Crippen LogP) is 2.85. The highest BCUT2D eigenvalue weighted by molar-refractivity contribution is 6.01. The van der Waals surface area contributed by atoms with E-state index in [9.17, 15) is 0 Å². The third-order valence-electron chi connectivity index (χ3n) is 2.77. The first-order valence-electron chi connectivity index (χ1n) is 5.88. The molecule has 2 aromatic rings. The molecule has 0 bridgehead atoms. The van der Waals surface area contributed by atoms with Gasteiger partial charge >= 0.3 is 0 Å². The SMILES string of the molecule is Cc1ccc(C(=Nc2ccccc2)NN)c(C)c1. The molecule has 0 unspecified atom stereocenters. The second-order valence-electron chi connectivity index (χ2n) is 4.26. The minimum atomic E-state index is 0.679. The second-order valence-corrected chi connectivity index (χ2v) is 4.26. The number of para-hydroxylation sites is 1. The van der Waals surface area contributed by atoms with Crippen molar-refractivity contribution in [3.05, 3.63) is 65.2 Å². The van der Waals surface area contributed by atoms with Crippen LogP contribution in [0.25, 0.3) is 0 Å². The Morgan fingerprint density at radius 1 is 1.06 bits per heavy atom. The molecule has 18 heavy (non-hydrogen) atoms. The lowest BCUT2D eigenvalue weighted by Crippen LogP contribution is -2.31. The Bertz CT molecular complexity index is 559. The van der Waals surface area contributed by atoms with E-state index < -0.39 is 0 Å². The summed E-state index contributed by atoms with van der Waals surface area (Å²) < 4.78 is 0. The zero-order valence-electron chi connectivity index (χ0n) is 10.6. The average molecular weight is 239 g/mol. The first kappa shape index (κ1) is 12.3. The molecule has 0 heterocycles. The zero-order valence-corrected chi connectivity index (χ0v) is 10.6. The van der Waals surface area contributed by atoms with Gasteiger partial charge < -0.3 is 5.43 Å². The number of nitrogens with two attached hydrogens (primary N) is 1. The summed E-state index contributed by atoms with van der Waals surface area (Å²) in [6.45, 7) is 4.13. The summed E-state index contributed by atoms with van der Waals surface area (Å²) in [5.74, 6) is 6.26. The number of benzene rings is 2. The van der Waals surface area contributed by atoms with Crippen molar-refractivity contribution in [2.45, 2.75) is 13.8 Å². The van der Waals surface area contributed by atoms with Crippen LogP contribution < -0.4 is 11.3 Å². The maximum atomic E-state index is 5.58. The molecule has 3 nitrogen and oxygen atoms in total. The Balaban J connectivity index is 2.42. The molecular formula is C15H17N3. The van der Waals surface area contributed by atoms with Crippen LogP contribution in [0.5, 0.6) is 0 Å². The molecule has 0 aliphatic rings. The highest BCUT2D eigenvalue weighted by atomic mass is 15.2. The minimum absolute atomic E-state index is 0.679. The molecule has 3 N–H and O–H groups in total. The fourth-order valence-corrected chi connectivity index (χ4v) is 1.88. The molecule has 0 fully saturated rings. The van der Waals surface area contributed by atoms with Crippen LogP contribution in [0.15, 0.2) is 53.5 Å². The molecule has 0 amide bonds. The number of aryl methyl sites for hydroxylation is 2. The molecule has 0 saturated heterocycles. The number of nitrogens with one attached hydrogen (secondary N) is 1. The van der Waals surface area contributed by atoms with Gasteiger partial charge in [0.05, 0.1) is 5.69 Å². The maximum Gasteiger partial charge on any atom is 0.148 e. The molecule has 2 aromatic carbocycles. The third kappa shape index (κ3) is 2.76. The number of rotatable bonds is 2. The average Bonchev–Trinajstić information content (AvgIpc) is 2.38. The quantitative estimate of drug-likeness (QED) is 0.366. The minimum Gasteiger partial charge on any atom is -0.308 e. The van der Waals surface area contributed by atoms with Crippen LogP contribution in [0.4, 0.5) is 5.69 Å². The molecule has 0 saturated carbocycles. The van der Waals surface area contributed by atoms with Gasteiger partial charge in [-0.2, -0.15) is 0 Å². The Morgan fingerprint density at radius 3 is 2.39 bits per heavy atom. The van der Waals surface area contributed by atoms with E-state index in [1.54, 1.807) is 0 Å². The van der Waals surface area contributed by atoms with E-state index in [2.05, 4.69) is 36.4 Å². The van der Waals surface area contributed by atoms with Crippen molar-refractivity contribution in [3.8, 4) is 0 Å². The summed E-state index contributed by atoms with van der Waals surface area (Å²) >= 11 is 0. The van der Waals surface area contributed by atoms with Gasteiger partial charge in [-0.1, -0.05) is 42.0 Å². The maximum absolute atomic E-state index is 5.58. The van der Waals surface area contributed by atoms with Gasteiger partial charge in [-0.05, 0) is 31.5 Å². The van der Waals surface area contributed by atoms with Crippen LogP contribution >= 0.6 is 0 Å². The van der Waals surface area contributed by atoms with E-state index in [0.717, 1.165) is 16.8 Å². The fraction of sp³-hybridized carbons (Fsp3) is 0.133. The number of hydrazine groups is 1. The fourth-order valence-electron chi connectivity index (χ4n) is 1.88. The molecule has 0 aliphatic heterocycles. The molecule has 0 spiro atoms. The first-order chi connectivity index (χ1) is 8.70.